The minimum absolute atomic E-state index is 0.161. The third-order valence-corrected chi connectivity index (χ3v) is 4.36. The van der Waals surface area contributed by atoms with Crippen LogP contribution in [0, 0.1) is 0 Å². The Hall–Kier alpha value is -3.66. The lowest BCUT2D eigenvalue weighted by Gasteiger charge is -2.11. The number of hydrogen-bond donors (Lipinski definition) is 0. The Balaban J connectivity index is 1.85. The van der Waals surface area contributed by atoms with Crippen LogP contribution in [0.2, 0.25) is 0 Å². The second kappa shape index (κ2) is 7.30. The van der Waals surface area contributed by atoms with Crippen LogP contribution in [0.15, 0.2) is 95.6 Å². The highest BCUT2D eigenvalue weighted by Crippen LogP contribution is 2.29. The number of hydrogen-bond acceptors (Lipinski definition) is 3. The van der Waals surface area contributed by atoms with Gasteiger partial charge in [0.05, 0.1) is 18.4 Å². The van der Waals surface area contributed by atoms with Gasteiger partial charge in [-0.05, 0) is 24.3 Å². The molecule has 0 N–H and O–H groups in total. The molecule has 0 aromatic heterocycles. The minimum Gasteiger partial charge on any atom is -0.496 e. The van der Waals surface area contributed by atoms with Gasteiger partial charge in [-0.25, -0.2) is 0 Å². The van der Waals surface area contributed by atoms with E-state index in [2.05, 4.69) is 5.10 Å². The van der Waals surface area contributed by atoms with E-state index in [-0.39, 0.29) is 5.91 Å². The Labute approximate surface area is 158 Å². The van der Waals surface area contributed by atoms with Gasteiger partial charge in [0.15, 0.2) is 0 Å². The van der Waals surface area contributed by atoms with Gasteiger partial charge in [-0.1, -0.05) is 66.7 Å². The SMILES string of the molecule is COc1ccccc1C=C1C(=O)N(c2ccccc2)N=C1c1ccccc1. The smallest absolute Gasteiger partial charge is 0.281 e. The topological polar surface area (TPSA) is 41.9 Å². The minimum atomic E-state index is -0.161. The second-order valence-electron chi connectivity index (χ2n) is 6.07. The van der Waals surface area contributed by atoms with Gasteiger partial charge in [-0.2, -0.15) is 10.1 Å². The molecule has 0 atom stereocenters. The van der Waals surface area contributed by atoms with E-state index in [0.29, 0.717) is 17.0 Å². The number of nitrogens with zero attached hydrogens (tertiary/aromatic N) is 2. The van der Waals surface area contributed by atoms with Crippen LogP contribution in [0.1, 0.15) is 11.1 Å². The molecule has 1 heterocycles. The van der Waals surface area contributed by atoms with Crippen molar-refractivity contribution in [3.8, 4) is 5.75 Å². The maximum Gasteiger partial charge on any atom is 0.281 e. The molecule has 27 heavy (non-hydrogen) atoms. The second-order valence-corrected chi connectivity index (χ2v) is 6.07. The summed E-state index contributed by atoms with van der Waals surface area (Å²) in [4.78, 5) is 13.2. The predicted molar refractivity (Wildman–Crippen MR) is 108 cm³/mol. The van der Waals surface area contributed by atoms with Crippen LogP contribution in [0.25, 0.3) is 6.08 Å². The summed E-state index contributed by atoms with van der Waals surface area (Å²) in [5, 5.41) is 6.08. The maximum atomic E-state index is 13.2. The summed E-state index contributed by atoms with van der Waals surface area (Å²) in [6.45, 7) is 0. The molecule has 3 aromatic rings. The fourth-order valence-corrected chi connectivity index (χ4v) is 3.04. The van der Waals surface area contributed by atoms with Gasteiger partial charge in [0, 0.05) is 11.1 Å². The maximum absolute atomic E-state index is 13.2. The third-order valence-electron chi connectivity index (χ3n) is 4.36. The highest BCUT2D eigenvalue weighted by Gasteiger charge is 2.32. The van der Waals surface area contributed by atoms with Crippen LogP contribution < -0.4 is 9.75 Å². The first-order chi connectivity index (χ1) is 13.3. The zero-order chi connectivity index (χ0) is 18.6. The summed E-state index contributed by atoms with van der Waals surface area (Å²) in [5.74, 6) is 0.550. The Morgan fingerprint density at radius 3 is 2.19 bits per heavy atom. The lowest BCUT2D eigenvalue weighted by molar-refractivity contribution is -0.114. The van der Waals surface area contributed by atoms with Crippen molar-refractivity contribution in [2.45, 2.75) is 0 Å². The Kier molecular flexibility index (Phi) is 4.54. The lowest BCUT2D eigenvalue weighted by atomic mass is 10.00. The van der Waals surface area contributed by atoms with Crippen molar-refractivity contribution in [2.75, 3.05) is 12.1 Å². The van der Waals surface area contributed by atoms with Gasteiger partial charge in [-0.3, -0.25) is 4.79 Å². The van der Waals surface area contributed by atoms with Crippen LogP contribution in [-0.4, -0.2) is 18.7 Å². The molecule has 4 nitrogen and oxygen atoms in total. The first-order valence-electron chi connectivity index (χ1n) is 8.66. The number of hydrazone groups is 1. The molecule has 0 unspecified atom stereocenters. The van der Waals surface area contributed by atoms with E-state index in [1.54, 1.807) is 7.11 Å². The molecule has 1 amide bonds. The Morgan fingerprint density at radius 2 is 1.48 bits per heavy atom. The molecule has 0 fully saturated rings. The molecule has 0 aliphatic carbocycles. The number of ether oxygens (including phenoxy) is 1. The normalized spacial score (nSPS) is 15.1. The van der Waals surface area contributed by atoms with Gasteiger partial charge in [0.2, 0.25) is 0 Å². The van der Waals surface area contributed by atoms with E-state index in [1.807, 2.05) is 91.0 Å². The molecule has 1 aliphatic heterocycles. The zero-order valence-electron chi connectivity index (χ0n) is 14.9. The van der Waals surface area contributed by atoms with E-state index >= 15 is 0 Å². The van der Waals surface area contributed by atoms with Crippen molar-refractivity contribution >= 4 is 23.4 Å². The first-order valence-corrected chi connectivity index (χ1v) is 8.66. The number of para-hydroxylation sites is 2. The standard InChI is InChI=1S/C23H18N2O2/c1-27-21-15-9-8-12-18(21)16-20-22(17-10-4-2-5-11-17)24-25(23(20)26)19-13-6-3-7-14-19/h2-16H,1H3. The van der Waals surface area contributed by atoms with Crippen molar-refractivity contribution in [3.63, 3.8) is 0 Å². The summed E-state index contributed by atoms with van der Waals surface area (Å²) >= 11 is 0. The van der Waals surface area contributed by atoms with E-state index < -0.39 is 0 Å². The van der Waals surface area contributed by atoms with Gasteiger partial charge in [-0.15, -0.1) is 0 Å². The summed E-state index contributed by atoms with van der Waals surface area (Å²) in [6.07, 6.45) is 1.84. The molecule has 0 saturated carbocycles. The quantitative estimate of drug-likeness (QED) is 0.646. The monoisotopic (exact) mass is 354 g/mol. The van der Waals surface area contributed by atoms with E-state index in [0.717, 1.165) is 16.8 Å². The van der Waals surface area contributed by atoms with E-state index in [1.165, 1.54) is 5.01 Å². The number of carbonyl (C=O) groups excluding carboxylic acids is 1. The van der Waals surface area contributed by atoms with E-state index in [4.69, 9.17) is 4.74 Å². The fourth-order valence-electron chi connectivity index (χ4n) is 3.04. The van der Waals surface area contributed by atoms with Crippen LogP contribution in [0.5, 0.6) is 5.75 Å². The molecule has 132 valence electrons. The highest BCUT2D eigenvalue weighted by atomic mass is 16.5. The van der Waals surface area contributed by atoms with Gasteiger partial charge in [0.25, 0.3) is 5.91 Å². The lowest BCUT2D eigenvalue weighted by Crippen LogP contribution is -2.21. The average molecular weight is 354 g/mol. The molecule has 4 heteroatoms. The van der Waals surface area contributed by atoms with Crippen molar-refractivity contribution in [1.82, 2.24) is 0 Å². The number of methoxy groups -OCH3 is 1. The van der Waals surface area contributed by atoms with E-state index in [9.17, 15) is 4.79 Å². The van der Waals surface area contributed by atoms with Crippen LogP contribution in [0.3, 0.4) is 0 Å². The molecule has 0 radical (unpaired) electrons. The van der Waals surface area contributed by atoms with Crippen molar-refractivity contribution < 1.29 is 9.53 Å². The molecule has 0 bridgehead atoms. The predicted octanol–water partition coefficient (Wildman–Crippen LogP) is 4.53. The summed E-state index contributed by atoms with van der Waals surface area (Å²) in [7, 11) is 1.62. The largest absolute Gasteiger partial charge is 0.496 e. The highest BCUT2D eigenvalue weighted by molar-refractivity contribution is 6.37. The van der Waals surface area contributed by atoms with Crippen molar-refractivity contribution in [3.05, 3.63) is 102 Å². The number of amides is 1. The van der Waals surface area contributed by atoms with Gasteiger partial charge in [0.1, 0.15) is 11.5 Å². The molecule has 0 spiro atoms. The summed E-state index contributed by atoms with van der Waals surface area (Å²) in [6, 6.07) is 26.8. The third kappa shape index (κ3) is 3.25. The number of benzene rings is 3. The molecule has 3 aromatic carbocycles. The van der Waals surface area contributed by atoms with Crippen molar-refractivity contribution in [2.24, 2.45) is 5.10 Å². The Bertz CT molecular complexity index is 1020. The molecule has 0 saturated heterocycles. The molecular formula is C23H18N2O2. The summed E-state index contributed by atoms with van der Waals surface area (Å²) in [5.41, 5.74) is 3.65. The van der Waals surface area contributed by atoms with Gasteiger partial charge >= 0.3 is 0 Å². The molecule has 1 aliphatic rings. The van der Waals surface area contributed by atoms with Gasteiger partial charge < -0.3 is 4.74 Å². The molecule has 4 rings (SSSR count). The Morgan fingerprint density at radius 1 is 0.852 bits per heavy atom. The number of anilines is 1. The zero-order valence-corrected chi connectivity index (χ0v) is 14.9. The van der Waals surface area contributed by atoms with Crippen LogP contribution in [0.4, 0.5) is 5.69 Å². The van der Waals surface area contributed by atoms with Crippen molar-refractivity contribution in [1.29, 1.82) is 0 Å². The van der Waals surface area contributed by atoms with Crippen LogP contribution in [-0.2, 0) is 4.79 Å². The summed E-state index contributed by atoms with van der Waals surface area (Å²) < 4.78 is 5.43. The first kappa shape index (κ1) is 16.8. The fraction of sp³-hybridized carbons (Fsp3) is 0.0435. The van der Waals surface area contributed by atoms with Crippen LogP contribution >= 0.6 is 0 Å². The number of carbonyl (C=O) groups is 1. The number of rotatable bonds is 4. The average Bonchev–Trinajstić information content (AvgIpc) is 3.06. The molecular weight excluding hydrogens is 336 g/mol.